The molecule has 0 N–H and O–H groups in total. The molecule has 0 aromatic heterocycles. The van der Waals surface area contributed by atoms with Crippen molar-refractivity contribution in [3.05, 3.63) is 35.4 Å². The highest BCUT2D eigenvalue weighted by molar-refractivity contribution is 6.19. The lowest BCUT2D eigenvalue weighted by Gasteiger charge is -2.00. The lowest BCUT2D eigenvalue weighted by atomic mass is 10.1. The molecule has 80 valence electrons. The van der Waals surface area contributed by atoms with E-state index in [1.54, 1.807) is 0 Å². The van der Waals surface area contributed by atoms with Gasteiger partial charge in [0.2, 0.25) is 0 Å². The predicted octanol–water partition coefficient (Wildman–Crippen LogP) is 4.01. The summed E-state index contributed by atoms with van der Waals surface area (Å²) < 4.78 is 0. The fraction of sp³-hybridized carbons (Fsp3) is 0.429. The topological polar surface area (TPSA) is 0 Å². The van der Waals surface area contributed by atoms with E-state index in [1.807, 2.05) is 0 Å². The molecule has 0 unspecified atom stereocenters. The van der Waals surface area contributed by atoms with Crippen molar-refractivity contribution in [1.29, 1.82) is 0 Å². The van der Waals surface area contributed by atoms with E-state index in [4.69, 9.17) is 11.6 Å². The lowest BCUT2D eigenvalue weighted by Crippen LogP contribution is -1.85. The van der Waals surface area contributed by atoms with Crippen molar-refractivity contribution in [3.8, 4) is 11.8 Å². The highest BCUT2D eigenvalue weighted by Gasteiger charge is 1.92. The number of rotatable bonds is 4. The second kappa shape index (κ2) is 7.37. The molecule has 0 saturated heterocycles. The SMILES string of the molecule is CCCCCc1ccc(C#CCCl)cc1. The highest BCUT2D eigenvalue weighted by atomic mass is 35.5. The van der Waals surface area contributed by atoms with E-state index in [9.17, 15) is 0 Å². The number of alkyl halides is 1. The Bertz CT molecular complexity index is 327. The molecule has 0 spiro atoms. The van der Waals surface area contributed by atoms with Crippen molar-refractivity contribution in [3.63, 3.8) is 0 Å². The number of benzene rings is 1. The molecule has 0 heterocycles. The summed E-state index contributed by atoms with van der Waals surface area (Å²) in [4.78, 5) is 0. The van der Waals surface area contributed by atoms with Crippen molar-refractivity contribution >= 4 is 11.6 Å². The van der Waals surface area contributed by atoms with Crippen LogP contribution in [-0.2, 0) is 6.42 Å². The maximum atomic E-state index is 5.49. The summed E-state index contributed by atoms with van der Waals surface area (Å²) in [5.41, 5.74) is 2.45. The first-order valence-corrected chi connectivity index (χ1v) is 6.04. The van der Waals surface area contributed by atoms with E-state index in [2.05, 4.69) is 43.0 Å². The number of unbranched alkanes of at least 4 members (excludes halogenated alkanes) is 2. The van der Waals surface area contributed by atoms with E-state index in [1.165, 1.54) is 31.2 Å². The molecule has 0 aliphatic rings. The van der Waals surface area contributed by atoms with Gasteiger partial charge in [-0.05, 0) is 30.5 Å². The summed E-state index contributed by atoms with van der Waals surface area (Å²) in [5, 5.41) is 0. The van der Waals surface area contributed by atoms with Gasteiger partial charge < -0.3 is 0 Å². The Morgan fingerprint density at radius 1 is 1.13 bits per heavy atom. The van der Waals surface area contributed by atoms with Gasteiger partial charge in [-0.1, -0.05) is 43.7 Å². The molecular formula is C14H17Cl. The number of aryl methyl sites for hydroxylation is 1. The van der Waals surface area contributed by atoms with Gasteiger partial charge in [0.05, 0.1) is 5.88 Å². The molecule has 1 aromatic rings. The Morgan fingerprint density at radius 2 is 1.87 bits per heavy atom. The number of hydrogen-bond acceptors (Lipinski definition) is 0. The van der Waals surface area contributed by atoms with Crippen LogP contribution in [-0.4, -0.2) is 5.88 Å². The van der Waals surface area contributed by atoms with Crippen molar-refractivity contribution in [2.45, 2.75) is 32.6 Å². The first-order chi connectivity index (χ1) is 7.36. The molecular weight excluding hydrogens is 204 g/mol. The van der Waals surface area contributed by atoms with Gasteiger partial charge in [0.15, 0.2) is 0 Å². The molecule has 0 aliphatic heterocycles. The highest BCUT2D eigenvalue weighted by Crippen LogP contribution is 2.08. The Balaban J connectivity index is 2.49. The standard InChI is InChI=1S/C14H17Cl/c1-2-3-4-6-13-8-10-14(11-9-13)7-5-12-15/h8-11H,2-4,6,12H2,1H3. The summed E-state index contributed by atoms with van der Waals surface area (Å²) in [6.07, 6.45) is 5.05. The third-order valence-electron chi connectivity index (χ3n) is 2.32. The maximum absolute atomic E-state index is 5.49. The van der Waals surface area contributed by atoms with Crippen molar-refractivity contribution in [2.75, 3.05) is 5.88 Å². The fourth-order valence-electron chi connectivity index (χ4n) is 1.47. The number of hydrogen-bond donors (Lipinski definition) is 0. The van der Waals surface area contributed by atoms with Crippen LogP contribution in [0.4, 0.5) is 0 Å². The Hall–Kier alpha value is -0.930. The Labute approximate surface area is 97.7 Å². The molecule has 0 saturated carbocycles. The predicted molar refractivity (Wildman–Crippen MR) is 67.3 cm³/mol. The van der Waals surface area contributed by atoms with Crippen LogP contribution in [0.15, 0.2) is 24.3 Å². The Kier molecular flexibility index (Phi) is 5.97. The minimum absolute atomic E-state index is 0.401. The van der Waals surface area contributed by atoms with Gasteiger partial charge in [0.25, 0.3) is 0 Å². The van der Waals surface area contributed by atoms with Gasteiger partial charge in [0.1, 0.15) is 0 Å². The van der Waals surface area contributed by atoms with Gasteiger partial charge in [-0.2, -0.15) is 0 Å². The first kappa shape index (κ1) is 12.1. The molecule has 1 heteroatoms. The first-order valence-electron chi connectivity index (χ1n) is 5.50. The van der Waals surface area contributed by atoms with Gasteiger partial charge >= 0.3 is 0 Å². The molecule has 15 heavy (non-hydrogen) atoms. The van der Waals surface area contributed by atoms with Gasteiger partial charge in [0, 0.05) is 5.56 Å². The van der Waals surface area contributed by atoms with Gasteiger partial charge in [-0.3, -0.25) is 0 Å². The minimum atomic E-state index is 0.401. The zero-order valence-corrected chi connectivity index (χ0v) is 9.98. The zero-order valence-electron chi connectivity index (χ0n) is 9.22. The van der Waals surface area contributed by atoms with E-state index < -0.39 is 0 Å². The van der Waals surface area contributed by atoms with Gasteiger partial charge in [-0.25, -0.2) is 0 Å². The van der Waals surface area contributed by atoms with E-state index >= 15 is 0 Å². The second-order valence-electron chi connectivity index (χ2n) is 3.59. The van der Waals surface area contributed by atoms with E-state index in [0.29, 0.717) is 5.88 Å². The molecule has 0 atom stereocenters. The van der Waals surface area contributed by atoms with Crippen LogP contribution >= 0.6 is 11.6 Å². The largest absolute Gasteiger partial charge is 0.113 e. The van der Waals surface area contributed by atoms with Crippen molar-refractivity contribution < 1.29 is 0 Å². The van der Waals surface area contributed by atoms with Crippen LogP contribution in [0.2, 0.25) is 0 Å². The smallest absolute Gasteiger partial charge is 0.0839 e. The summed E-state index contributed by atoms with van der Waals surface area (Å²) in [6.45, 7) is 2.23. The Morgan fingerprint density at radius 3 is 2.47 bits per heavy atom. The van der Waals surface area contributed by atoms with Crippen LogP contribution in [0.3, 0.4) is 0 Å². The monoisotopic (exact) mass is 220 g/mol. The van der Waals surface area contributed by atoms with Crippen LogP contribution < -0.4 is 0 Å². The van der Waals surface area contributed by atoms with Gasteiger partial charge in [-0.15, -0.1) is 11.6 Å². The van der Waals surface area contributed by atoms with Crippen LogP contribution in [0, 0.1) is 11.8 Å². The summed E-state index contributed by atoms with van der Waals surface area (Å²) in [6, 6.07) is 8.46. The quantitative estimate of drug-likeness (QED) is 0.409. The molecule has 0 nitrogen and oxygen atoms in total. The van der Waals surface area contributed by atoms with E-state index in [-0.39, 0.29) is 0 Å². The summed E-state index contributed by atoms with van der Waals surface area (Å²) in [7, 11) is 0. The third-order valence-corrected chi connectivity index (χ3v) is 2.46. The number of halogens is 1. The molecule has 0 amide bonds. The fourth-order valence-corrected chi connectivity index (χ4v) is 1.54. The summed E-state index contributed by atoms with van der Waals surface area (Å²) >= 11 is 5.49. The summed E-state index contributed by atoms with van der Waals surface area (Å²) in [5.74, 6) is 6.26. The molecule has 0 bridgehead atoms. The molecule has 0 fully saturated rings. The van der Waals surface area contributed by atoms with Crippen LogP contribution in [0.1, 0.15) is 37.3 Å². The molecule has 1 aromatic carbocycles. The second-order valence-corrected chi connectivity index (χ2v) is 3.86. The van der Waals surface area contributed by atoms with Crippen molar-refractivity contribution in [2.24, 2.45) is 0 Å². The maximum Gasteiger partial charge on any atom is 0.0839 e. The average Bonchev–Trinajstić information content (AvgIpc) is 2.28. The van der Waals surface area contributed by atoms with Crippen LogP contribution in [0.25, 0.3) is 0 Å². The van der Waals surface area contributed by atoms with E-state index in [0.717, 1.165) is 5.56 Å². The average molecular weight is 221 g/mol. The minimum Gasteiger partial charge on any atom is -0.113 e. The lowest BCUT2D eigenvalue weighted by molar-refractivity contribution is 0.717. The molecule has 1 rings (SSSR count). The molecule has 0 aliphatic carbocycles. The van der Waals surface area contributed by atoms with Crippen molar-refractivity contribution in [1.82, 2.24) is 0 Å². The normalized spacial score (nSPS) is 9.47. The zero-order chi connectivity index (χ0) is 10.9. The molecule has 0 radical (unpaired) electrons. The third kappa shape index (κ3) is 4.91. The van der Waals surface area contributed by atoms with Crippen LogP contribution in [0.5, 0.6) is 0 Å².